The van der Waals surface area contributed by atoms with Crippen LogP contribution in [0.2, 0.25) is 0 Å². The summed E-state index contributed by atoms with van der Waals surface area (Å²) in [6.07, 6.45) is 9.33. The average Bonchev–Trinajstić information content (AvgIpc) is 2.86. The van der Waals surface area contributed by atoms with Crippen molar-refractivity contribution in [3.8, 4) is 16.9 Å². The van der Waals surface area contributed by atoms with Gasteiger partial charge >= 0.3 is 11.9 Å². The molecule has 0 aliphatic heterocycles. The molecule has 2 aromatic rings. The predicted molar refractivity (Wildman–Crippen MR) is 148 cm³/mol. The summed E-state index contributed by atoms with van der Waals surface area (Å²) in [7, 11) is 0. The fraction of sp³-hybridized carbons (Fsp3) is 0.515. The van der Waals surface area contributed by atoms with Crippen LogP contribution in [0.25, 0.3) is 11.1 Å². The van der Waals surface area contributed by atoms with E-state index < -0.39 is 11.6 Å². The standard InChI is InChI=1S/C33H40O5/c1-5-30(34)37-21-22-6-8-26(9-7-22)28-11-10-27(36-13-12-31(35)38-32(2,3)4)17-29(28)33-18-23-14-24(19-33)16-25(15-23)20-33/h5-11,17,23-25H,1,12-16,18-21H2,2-4H3. The molecule has 5 nitrogen and oxygen atoms in total. The highest BCUT2D eigenvalue weighted by Gasteiger charge is 2.52. The summed E-state index contributed by atoms with van der Waals surface area (Å²) in [6.45, 7) is 9.62. The van der Waals surface area contributed by atoms with Crippen molar-refractivity contribution in [1.82, 2.24) is 0 Å². The first-order valence-corrected chi connectivity index (χ1v) is 14.0. The fourth-order valence-electron chi connectivity index (χ4n) is 7.38. The molecule has 4 bridgehead atoms. The lowest BCUT2D eigenvalue weighted by atomic mass is 9.47. The second kappa shape index (κ2) is 10.6. The third-order valence-electron chi connectivity index (χ3n) is 8.41. The molecule has 4 aliphatic rings. The minimum absolute atomic E-state index is 0.187. The molecule has 0 aromatic heterocycles. The molecule has 4 aliphatic carbocycles. The number of ether oxygens (including phenoxy) is 3. The van der Waals surface area contributed by atoms with E-state index in [4.69, 9.17) is 14.2 Å². The van der Waals surface area contributed by atoms with Crippen molar-refractivity contribution in [2.24, 2.45) is 17.8 Å². The number of carbonyl (C=O) groups excluding carboxylic acids is 2. The number of carbonyl (C=O) groups is 2. The largest absolute Gasteiger partial charge is 0.493 e. The Hall–Kier alpha value is -3.08. The van der Waals surface area contributed by atoms with E-state index in [1.807, 2.05) is 39.0 Å². The molecule has 202 valence electrons. The van der Waals surface area contributed by atoms with Crippen LogP contribution in [0.1, 0.15) is 76.8 Å². The van der Waals surface area contributed by atoms with Gasteiger partial charge in [-0.1, -0.05) is 36.9 Å². The Morgan fingerprint density at radius 1 is 0.974 bits per heavy atom. The van der Waals surface area contributed by atoms with Crippen molar-refractivity contribution in [1.29, 1.82) is 0 Å². The van der Waals surface area contributed by atoms with Crippen molar-refractivity contribution >= 4 is 11.9 Å². The van der Waals surface area contributed by atoms with E-state index in [1.165, 1.54) is 55.7 Å². The van der Waals surface area contributed by atoms with Crippen LogP contribution in [0, 0.1) is 17.8 Å². The van der Waals surface area contributed by atoms with Crippen molar-refractivity contribution in [3.05, 3.63) is 66.2 Å². The summed E-state index contributed by atoms with van der Waals surface area (Å²) in [5, 5.41) is 0. The summed E-state index contributed by atoms with van der Waals surface area (Å²) in [6, 6.07) is 14.8. The van der Waals surface area contributed by atoms with Gasteiger partial charge in [-0.2, -0.15) is 0 Å². The SMILES string of the molecule is C=CC(=O)OCc1ccc(-c2ccc(OCCC(=O)OC(C)(C)C)cc2C23CC4CC(CC(C4)C2)C3)cc1. The molecular weight excluding hydrogens is 476 g/mol. The van der Waals surface area contributed by atoms with E-state index in [9.17, 15) is 9.59 Å². The molecule has 0 saturated heterocycles. The molecule has 4 saturated carbocycles. The predicted octanol–water partition coefficient (Wildman–Crippen LogP) is 7.16. The lowest BCUT2D eigenvalue weighted by molar-refractivity contribution is -0.155. The molecule has 2 aromatic carbocycles. The summed E-state index contributed by atoms with van der Waals surface area (Å²) < 4.78 is 16.8. The average molecular weight is 517 g/mol. The molecular formula is C33H40O5. The fourth-order valence-corrected chi connectivity index (χ4v) is 7.38. The molecule has 0 spiro atoms. The van der Waals surface area contributed by atoms with Crippen molar-refractivity contribution < 1.29 is 23.8 Å². The van der Waals surface area contributed by atoms with Gasteiger partial charge in [0, 0.05) is 6.08 Å². The van der Waals surface area contributed by atoms with Crippen LogP contribution in [-0.2, 0) is 31.1 Å². The molecule has 0 heterocycles. The molecule has 38 heavy (non-hydrogen) atoms. The number of hydrogen-bond donors (Lipinski definition) is 0. The third-order valence-corrected chi connectivity index (χ3v) is 8.41. The first kappa shape index (κ1) is 26.5. The molecule has 0 radical (unpaired) electrons. The van der Waals surface area contributed by atoms with Gasteiger partial charge in [-0.25, -0.2) is 4.79 Å². The van der Waals surface area contributed by atoms with Crippen LogP contribution >= 0.6 is 0 Å². The van der Waals surface area contributed by atoms with Gasteiger partial charge in [0.2, 0.25) is 0 Å². The number of rotatable bonds is 9. The topological polar surface area (TPSA) is 61.8 Å². The molecule has 0 atom stereocenters. The zero-order chi connectivity index (χ0) is 26.9. The first-order chi connectivity index (χ1) is 18.1. The van der Waals surface area contributed by atoms with Gasteiger partial charge in [-0.05, 0) is 117 Å². The number of esters is 2. The maximum Gasteiger partial charge on any atom is 0.330 e. The van der Waals surface area contributed by atoms with Gasteiger partial charge in [-0.15, -0.1) is 0 Å². The van der Waals surface area contributed by atoms with E-state index >= 15 is 0 Å². The van der Waals surface area contributed by atoms with E-state index in [2.05, 4.69) is 30.8 Å². The zero-order valence-electron chi connectivity index (χ0n) is 23.0. The van der Waals surface area contributed by atoms with Crippen LogP contribution in [0.5, 0.6) is 5.75 Å². The maximum absolute atomic E-state index is 12.2. The Morgan fingerprint density at radius 3 is 2.18 bits per heavy atom. The molecule has 0 N–H and O–H groups in total. The number of hydrogen-bond acceptors (Lipinski definition) is 5. The molecule has 4 fully saturated rings. The van der Waals surface area contributed by atoms with Gasteiger partial charge in [0.1, 0.15) is 18.0 Å². The van der Waals surface area contributed by atoms with E-state index in [-0.39, 0.29) is 24.4 Å². The summed E-state index contributed by atoms with van der Waals surface area (Å²) in [5.41, 5.74) is 4.44. The Kier molecular flexibility index (Phi) is 7.39. The van der Waals surface area contributed by atoms with Crippen LogP contribution in [-0.4, -0.2) is 24.1 Å². The van der Waals surface area contributed by atoms with Gasteiger partial charge in [-0.3, -0.25) is 4.79 Å². The van der Waals surface area contributed by atoms with Crippen LogP contribution in [0.15, 0.2) is 55.1 Å². The zero-order valence-corrected chi connectivity index (χ0v) is 23.0. The molecule has 5 heteroatoms. The Morgan fingerprint density at radius 2 is 1.61 bits per heavy atom. The van der Waals surface area contributed by atoms with Crippen molar-refractivity contribution in [3.63, 3.8) is 0 Å². The second-order valence-corrected chi connectivity index (χ2v) is 12.6. The van der Waals surface area contributed by atoms with Gasteiger partial charge < -0.3 is 14.2 Å². The Balaban J connectivity index is 1.40. The summed E-state index contributed by atoms with van der Waals surface area (Å²) in [4.78, 5) is 23.6. The normalized spacial score (nSPS) is 25.6. The summed E-state index contributed by atoms with van der Waals surface area (Å²) in [5.74, 6) is 2.64. The highest BCUT2D eigenvalue weighted by molar-refractivity contribution is 5.81. The Bertz CT molecular complexity index is 1150. The highest BCUT2D eigenvalue weighted by atomic mass is 16.6. The second-order valence-electron chi connectivity index (χ2n) is 12.6. The quantitative estimate of drug-likeness (QED) is 0.261. The van der Waals surface area contributed by atoms with Crippen molar-refractivity contribution in [2.45, 2.75) is 83.3 Å². The minimum Gasteiger partial charge on any atom is -0.493 e. The highest BCUT2D eigenvalue weighted by Crippen LogP contribution is 2.62. The lowest BCUT2D eigenvalue weighted by Crippen LogP contribution is -2.48. The molecule has 6 rings (SSSR count). The Labute approximate surface area is 226 Å². The van der Waals surface area contributed by atoms with Crippen molar-refractivity contribution in [2.75, 3.05) is 6.61 Å². The van der Waals surface area contributed by atoms with Crippen LogP contribution in [0.3, 0.4) is 0 Å². The molecule has 0 amide bonds. The minimum atomic E-state index is -0.493. The first-order valence-electron chi connectivity index (χ1n) is 14.0. The van der Waals surface area contributed by atoms with Crippen LogP contribution in [0.4, 0.5) is 0 Å². The van der Waals surface area contributed by atoms with Gasteiger partial charge in [0.25, 0.3) is 0 Å². The molecule has 0 unspecified atom stereocenters. The third kappa shape index (κ3) is 5.98. The van der Waals surface area contributed by atoms with Gasteiger partial charge in [0.15, 0.2) is 0 Å². The van der Waals surface area contributed by atoms with E-state index in [0.29, 0.717) is 6.61 Å². The number of benzene rings is 2. The monoisotopic (exact) mass is 516 g/mol. The lowest BCUT2D eigenvalue weighted by Gasteiger charge is -2.57. The van der Waals surface area contributed by atoms with E-state index in [0.717, 1.165) is 34.6 Å². The van der Waals surface area contributed by atoms with E-state index in [1.54, 1.807) is 0 Å². The summed E-state index contributed by atoms with van der Waals surface area (Å²) >= 11 is 0. The van der Waals surface area contributed by atoms with Gasteiger partial charge in [0.05, 0.1) is 13.0 Å². The maximum atomic E-state index is 12.2. The van der Waals surface area contributed by atoms with Crippen LogP contribution < -0.4 is 4.74 Å². The smallest absolute Gasteiger partial charge is 0.330 e.